The summed E-state index contributed by atoms with van der Waals surface area (Å²) < 4.78 is 0. The van der Waals surface area contributed by atoms with Crippen LogP contribution in [0.3, 0.4) is 0 Å². The molecular formula is C22H27N3O. The third-order valence-electron chi connectivity index (χ3n) is 6.62. The van der Waals surface area contributed by atoms with Crippen LogP contribution in [-0.2, 0) is 4.79 Å². The Morgan fingerprint density at radius 3 is 2.88 bits per heavy atom. The van der Waals surface area contributed by atoms with Gasteiger partial charge in [0.1, 0.15) is 0 Å². The maximum atomic E-state index is 13.2. The van der Waals surface area contributed by atoms with Crippen molar-refractivity contribution in [1.82, 2.24) is 9.88 Å². The summed E-state index contributed by atoms with van der Waals surface area (Å²) in [6.07, 6.45) is 6.12. The van der Waals surface area contributed by atoms with E-state index in [0.29, 0.717) is 6.42 Å². The number of carbonyl (C=O) groups is 1. The van der Waals surface area contributed by atoms with Gasteiger partial charge >= 0.3 is 0 Å². The Morgan fingerprint density at radius 2 is 2.19 bits per heavy atom. The van der Waals surface area contributed by atoms with E-state index in [-0.39, 0.29) is 29.3 Å². The molecule has 2 bridgehead atoms. The maximum Gasteiger partial charge on any atom is 0.223 e. The van der Waals surface area contributed by atoms with Crippen molar-refractivity contribution >= 4 is 16.8 Å². The summed E-state index contributed by atoms with van der Waals surface area (Å²) in [7, 11) is 0. The standard InChI is InChI=1S/C22H27N3O/c1-4-16-9-22(13-23)10-17(11-22)25(16)20(26)8-15(3)18-12-24-19-7-5-6-14(2)21(18)19/h5-7,12,15-17,24H,4,8-11H2,1-3H3. The van der Waals surface area contributed by atoms with E-state index in [1.54, 1.807) is 0 Å². The second-order valence-electron chi connectivity index (χ2n) is 8.37. The van der Waals surface area contributed by atoms with Gasteiger partial charge in [0.05, 0.1) is 11.5 Å². The van der Waals surface area contributed by atoms with E-state index in [1.165, 1.54) is 16.5 Å². The molecule has 3 aliphatic rings. The minimum Gasteiger partial charge on any atom is -0.361 e. The molecule has 2 unspecified atom stereocenters. The van der Waals surface area contributed by atoms with Gasteiger partial charge < -0.3 is 9.88 Å². The van der Waals surface area contributed by atoms with E-state index in [9.17, 15) is 10.1 Å². The number of hydrogen-bond acceptors (Lipinski definition) is 2. The zero-order chi connectivity index (χ0) is 18.5. The molecule has 1 N–H and O–H groups in total. The molecule has 2 aromatic rings. The first-order chi connectivity index (χ1) is 12.5. The Kier molecular flexibility index (Phi) is 4.06. The molecule has 1 aromatic heterocycles. The number of H-pyrrole nitrogens is 1. The minimum absolute atomic E-state index is 0.151. The fourth-order valence-corrected chi connectivity index (χ4v) is 5.20. The fraction of sp³-hybridized carbons (Fsp3) is 0.545. The van der Waals surface area contributed by atoms with E-state index in [2.05, 4.69) is 61.1 Å². The third kappa shape index (κ3) is 2.53. The van der Waals surface area contributed by atoms with E-state index in [1.807, 2.05) is 0 Å². The molecule has 1 saturated carbocycles. The van der Waals surface area contributed by atoms with Crippen LogP contribution in [0.4, 0.5) is 0 Å². The summed E-state index contributed by atoms with van der Waals surface area (Å²) in [6, 6.07) is 9.30. The van der Waals surface area contributed by atoms with E-state index >= 15 is 0 Å². The Balaban J connectivity index is 1.53. The number of rotatable bonds is 4. The van der Waals surface area contributed by atoms with E-state index in [0.717, 1.165) is 31.2 Å². The summed E-state index contributed by atoms with van der Waals surface area (Å²) in [5.41, 5.74) is 3.47. The molecule has 5 rings (SSSR count). The Morgan fingerprint density at radius 1 is 1.42 bits per heavy atom. The Bertz CT molecular complexity index is 884. The lowest BCUT2D eigenvalue weighted by Gasteiger charge is -2.58. The number of piperidine rings is 2. The zero-order valence-electron chi connectivity index (χ0n) is 15.9. The van der Waals surface area contributed by atoms with Crippen molar-refractivity contribution in [2.75, 3.05) is 0 Å². The number of amides is 1. The summed E-state index contributed by atoms with van der Waals surface area (Å²) in [6.45, 7) is 6.41. The highest BCUT2D eigenvalue weighted by Crippen LogP contribution is 2.53. The molecule has 0 spiro atoms. The van der Waals surface area contributed by atoms with E-state index in [4.69, 9.17) is 0 Å². The summed E-state index contributed by atoms with van der Waals surface area (Å²) >= 11 is 0. The molecule has 1 aromatic carbocycles. The molecule has 2 atom stereocenters. The lowest BCUT2D eigenvalue weighted by Crippen LogP contribution is -2.63. The van der Waals surface area contributed by atoms with Crippen LogP contribution >= 0.6 is 0 Å². The van der Waals surface area contributed by atoms with Crippen LogP contribution in [0, 0.1) is 23.7 Å². The first kappa shape index (κ1) is 17.1. The molecule has 2 saturated heterocycles. The van der Waals surface area contributed by atoms with Crippen molar-refractivity contribution in [2.24, 2.45) is 5.41 Å². The van der Waals surface area contributed by atoms with Gasteiger partial charge in [-0.25, -0.2) is 0 Å². The largest absolute Gasteiger partial charge is 0.361 e. The van der Waals surface area contributed by atoms with Gasteiger partial charge in [-0.3, -0.25) is 4.79 Å². The Labute approximate surface area is 155 Å². The smallest absolute Gasteiger partial charge is 0.223 e. The van der Waals surface area contributed by atoms with Gasteiger partial charge in [-0.15, -0.1) is 0 Å². The molecule has 26 heavy (non-hydrogen) atoms. The fourth-order valence-electron chi connectivity index (χ4n) is 5.20. The minimum atomic E-state index is -0.151. The van der Waals surface area contributed by atoms with E-state index < -0.39 is 0 Å². The summed E-state index contributed by atoms with van der Waals surface area (Å²) in [4.78, 5) is 18.6. The monoisotopic (exact) mass is 349 g/mol. The van der Waals surface area contributed by atoms with Gasteiger partial charge in [0.15, 0.2) is 0 Å². The summed E-state index contributed by atoms with van der Waals surface area (Å²) in [5.74, 6) is 0.432. The number of fused-ring (bicyclic) bond motifs is 3. The SMILES string of the molecule is CCC1CC2(C#N)CC(C2)N1C(=O)CC(C)c1c[nH]c2cccc(C)c12. The number of carbonyl (C=O) groups excluding carboxylic acids is 1. The highest BCUT2D eigenvalue weighted by Gasteiger charge is 2.55. The first-order valence-corrected chi connectivity index (χ1v) is 9.77. The molecule has 4 heteroatoms. The third-order valence-corrected chi connectivity index (χ3v) is 6.62. The van der Waals surface area contributed by atoms with Crippen molar-refractivity contribution in [1.29, 1.82) is 5.26 Å². The number of nitriles is 1. The molecule has 0 radical (unpaired) electrons. The number of aryl methyl sites for hydroxylation is 1. The highest BCUT2D eigenvalue weighted by atomic mass is 16.2. The normalized spacial score (nSPS) is 28.5. The molecule has 136 valence electrons. The predicted molar refractivity (Wildman–Crippen MR) is 103 cm³/mol. The van der Waals surface area contributed by atoms with Crippen LogP contribution in [0.2, 0.25) is 0 Å². The molecular weight excluding hydrogens is 322 g/mol. The van der Waals surface area contributed by atoms with Gasteiger partial charge in [0.25, 0.3) is 0 Å². The van der Waals surface area contributed by atoms with Gasteiger partial charge in [0, 0.05) is 35.6 Å². The lowest BCUT2D eigenvalue weighted by atomic mass is 9.58. The van der Waals surface area contributed by atoms with Crippen molar-refractivity contribution in [3.63, 3.8) is 0 Å². The Hall–Kier alpha value is -2.28. The molecule has 2 aliphatic heterocycles. The molecule has 1 amide bonds. The van der Waals surface area contributed by atoms with Gasteiger partial charge in [-0.1, -0.05) is 26.0 Å². The average molecular weight is 349 g/mol. The van der Waals surface area contributed by atoms with Crippen molar-refractivity contribution < 1.29 is 4.79 Å². The van der Waals surface area contributed by atoms with Crippen LogP contribution in [0.15, 0.2) is 24.4 Å². The first-order valence-electron chi connectivity index (χ1n) is 9.77. The molecule has 3 fully saturated rings. The number of nitrogens with zero attached hydrogens (tertiary/aromatic N) is 2. The number of nitrogens with one attached hydrogen (secondary N) is 1. The van der Waals surface area contributed by atoms with Gasteiger partial charge in [0.2, 0.25) is 5.91 Å². The van der Waals surface area contributed by atoms with Crippen molar-refractivity contribution in [3.8, 4) is 6.07 Å². The van der Waals surface area contributed by atoms with Crippen LogP contribution in [-0.4, -0.2) is 27.9 Å². The number of hydrogen-bond donors (Lipinski definition) is 1. The summed E-state index contributed by atoms with van der Waals surface area (Å²) in [5, 5.41) is 10.7. The molecule has 1 aliphatic carbocycles. The number of aromatic amines is 1. The van der Waals surface area contributed by atoms with Crippen molar-refractivity contribution in [3.05, 3.63) is 35.5 Å². The quantitative estimate of drug-likeness (QED) is 0.873. The lowest BCUT2D eigenvalue weighted by molar-refractivity contribution is -0.152. The zero-order valence-corrected chi connectivity index (χ0v) is 15.9. The number of benzene rings is 1. The maximum absolute atomic E-state index is 13.2. The highest BCUT2D eigenvalue weighted by molar-refractivity contribution is 5.88. The van der Waals surface area contributed by atoms with Gasteiger partial charge in [-0.05, 0) is 55.7 Å². The topological polar surface area (TPSA) is 59.9 Å². The van der Waals surface area contributed by atoms with Crippen LogP contribution in [0.1, 0.15) is 63.0 Å². The second-order valence-corrected chi connectivity index (χ2v) is 8.37. The van der Waals surface area contributed by atoms with Crippen LogP contribution in [0.25, 0.3) is 10.9 Å². The van der Waals surface area contributed by atoms with Gasteiger partial charge in [-0.2, -0.15) is 5.26 Å². The molecule has 4 nitrogen and oxygen atoms in total. The van der Waals surface area contributed by atoms with Crippen LogP contribution < -0.4 is 0 Å². The predicted octanol–water partition coefficient (Wildman–Crippen LogP) is 4.65. The second kappa shape index (κ2) is 6.16. The van der Waals surface area contributed by atoms with Crippen molar-refractivity contribution in [2.45, 2.75) is 70.9 Å². The number of aromatic nitrogens is 1. The van der Waals surface area contributed by atoms with Crippen LogP contribution in [0.5, 0.6) is 0 Å². The average Bonchev–Trinajstić information content (AvgIpc) is 3.05. The molecule has 3 heterocycles.